The molecule has 2 aromatic rings. The van der Waals surface area contributed by atoms with Crippen LogP contribution < -0.4 is 5.43 Å². The highest BCUT2D eigenvalue weighted by Gasteiger charge is 2.07. The Kier molecular flexibility index (Phi) is 4.15. The minimum absolute atomic E-state index is 0.287. The molecule has 0 aliphatic heterocycles. The molecule has 0 fully saturated rings. The molecule has 0 unspecified atom stereocenters. The Labute approximate surface area is 115 Å². The van der Waals surface area contributed by atoms with E-state index in [9.17, 15) is 4.39 Å². The second-order valence-electron chi connectivity index (χ2n) is 3.09. The second kappa shape index (κ2) is 5.62. The lowest BCUT2D eigenvalue weighted by molar-refractivity contribution is 0.631. The first-order valence-corrected chi connectivity index (χ1v) is 6.70. The molecule has 1 aromatic heterocycles. The Morgan fingerprint density at radius 1 is 1.35 bits per heavy atom. The van der Waals surface area contributed by atoms with Gasteiger partial charge in [-0.05, 0) is 39.5 Å². The van der Waals surface area contributed by atoms with Gasteiger partial charge in [-0.15, -0.1) is 11.3 Å². The maximum absolute atomic E-state index is 13.3. The van der Waals surface area contributed by atoms with Crippen LogP contribution in [0.25, 0.3) is 0 Å². The van der Waals surface area contributed by atoms with Gasteiger partial charge in [-0.25, -0.2) is 4.39 Å². The lowest BCUT2D eigenvalue weighted by Gasteiger charge is -2.02. The van der Waals surface area contributed by atoms with E-state index in [1.165, 1.54) is 17.4 Å². The van der Waals surface area contributed by atoms with Crippen LogP contribution in [0.4, 0.5) is 10.1 Å². The molecule has 1 N–H and O–H groups in total. The van der Waals surface area contributed by atoms with Crippen molar-refractivity contribution in [2.45, 2.75) is 0 Å². The number of anilines is 1. The van der Waals surface area contributed by atoms with Crippen molar-refractivity contribution in [1.82, 2.24) is 0 Å². The zero-order valence-electron chi connectivity index (χ0n) is 8.45. The highest BCUT2D eigenvalue weighted by Crippen LogP contribution is 2.25. The number of hydrogen-bond acceptors (Lipinski definition) is 3. The molecule has 0 saturated heterocycles. The Hall–Kier alpha value is -0.910. The zero-order valence-corrected chi connectivity index (χ0v) is 11.6. The molecule has 0 spiro atoms. The quantitative estimate of drug-likeness (QED) is 0.641. The van der Waals surface area contributed by atoms with Crippen molar-refractivity contribution >= 4 is 49.7 Å². The molecule has 17 heavy (non-hydrogen) atoms. The van der Waals surface area contributed by atoms with Crippen molar-refractivity contribution in [3.8, 4) is 0 Å². The van der Waals surface area contributed by atoms with Crippen LogP contribution in [0.5, 0.6) is 0 Å². The molecule has 2 nitrogen and oxygen atoms in total. The number of thiophene rings is 1. The minimum atomic E-state index is -0.369. The fourth-order valence-corrected chi connectivity index (χ4v) is 2.98. The summed E-state index contributed by atoms with van der Waals surface area (Å²) in [4.78, 5) is 0.801. The van der Waals surface area contributed by atoms with E-state index < -0.39 is 0 Å². The summed E-state index contributed by atoms with van der Waals surface area (Å²) in [6, 6.07) is 8.15. The molecule has 2 rings (SSSR count). The molecule has 6 heteroatoms. The van der Waals surface area contributed by atoms with Crippen LogP contribution in [-0.2, 0) is 0 Å². The Morgan fingerprint density at radius 3 is 2.76 bits per heavy atom. The summed E-state index contributed by atoms with van der Waals surface area (Å²) >= 11 is 10.8. The predicted molar refractivity (Wildman–Crippen MR) is 74.4 cm³/mol. The van der Waals surface area contributed by atoms with Crippen molar-refractivity contribution in [3.05, 3.63) is 50.9 Å². The van der Waals surface area contributed by atoms with Gasteiger partial charge >= 0.3 is 0 Å². The van der Waals surface area contributed by atoms with E-state index in [0.29, 0.717) is 5.69 Å². The summed E-state index contributed by atoms with van der Waals surface area (Å²) in [6.45, 7) is 0. The van der Waals surface area contributed by atoms with E-state index in [4.69, 9.17) is 11.6 Å². The average Bonchev–Trinajstić information content (AvgIpc) is 2.74. The molecule has 1 heterocycles. The molecular formula is C11H7BrClFN2S. The first-order valence-electron chi connectivity index (χ1n) is 4.65. The number of rotatable bonds is 3. The summed E-state index contributed by atoms with van der Waals surface area (Å²) in [5.41, 5.74) is 2.89. The number of benzene rings is 1. The van der Waals surface area contributed by atoms with E-state index in [1.54, 1.807) is 18.2 Å². The third kappa shape index (κ3) is 3.06. The fourth-order valence-electron chi connectivity index (χ4n) is 1.15. The Bertz CT molecular complexity index is 556. The molecule has 0 atom stereocenters. The highest BCUT2D eigenvalue weighted by atomic mass is 79.9. The molecule has 0 aliphatic rings. The van der Waals surface area contributed by atoms with Crippen molar-refractivity contribution in [1.29, 1.82) is 0 Å². The number of para-hydroxylation sites is 1. The normalized spacial score (nSPS) is 11.6. The molecule has 0 saturated carbocycles. The molecule has 88 valence electrons. The maximum atomic E-state index is 13.3. The number of halogens is 3. The first kappa shape index (κ1) is 12.5. The highest BCUT2D eigenvalue weighted by molar-refractivity contribution is 9.10. The van der Waals surface area contributed by atoms with Crippen LogP contribution in [0.3, 0.4) is 0 Å². The van der Waals surface area contributed by atoms with Crippen molar-refractivity contribution in [3.63, 3.8) is 0 Å². The van der Waals surface area contributed by atoms with Gasteiger partial charge in [-0.2, -0.15) is 5.10 Å². The van der Waals surface area contributed by atoms with Gasteiger partial charge in [-0.1, -0.05) is 23.7 Å². The molecule has 0 radical (unpaired) electrons. The van der Waals surface area contributed by atoms with Crippen molar-refractivity contribution < 1.29 is 4.39 Å². The van der Waals surface area contributed by atoms with Crippen molar-refractivity contribution in [2.75, 3.05) is 5.43 Å². The first-order chi connectivity index (χ1) is 8.18. The molecule has 0 amide bonds. The van der Waals surface area contributed by atoms with Crippen LogP contribution >= 0.6 is 38.9 Å². The summed E-state index contributed by atoms with van der Waals surface area (Å²) in [5.74, 6) is -0.369. The van der Waals surface area contributed by atoms with Gasteiger partial charge in [0.25, 0.3) is 0 Å². The van der Waals surface area contributed by atoms with Crippen LogP contribution in [0.15, 0.2) is 45.3 Å². The average molecular weight is 334 g/mol. The summed E-state index contributed by atoms with van der Waals surface area (Å²) in [5, 5.41) is 6.11. The van der Waals surface area contributed by atoms with E-state index >= 15 is 0 Å². The number of hydrogen-bond donors (Lipinski definition) is 1. The number of hydrazone groups is 1. The molecule has 0 aliphatic carbocycles. The van der Waals surface area contributed by atoms with E-state index in [-0.39, 0.29) is 11.0 Å². The van der Waals surface area contributed by atoms with Gasteiger partial charge in [0.05, 0.1) is 10.6 Å². The SMILES string of the molecule is Fc1ccccc1NN=C(Cl)c1sccc1Br. The third-order valence-corrected chi connectivity index (χ3v) is 4.18. The van der Waals surface area contributed by atoms with Crippen molar-refractivity contribution in [2.24, 2.45) is 5.10 Å². The lowest BCUT2D eigenvalue weighted by Crippen LogP contribution is -1.97. The summed E-state index contributed by atoms with van der Waals surface area (Å²) in [6.07, 6.45) is 0. The largest absolute Gasteiger partial charge is 0.274 e. The van der Waals surface area contributed by atoms with Crippen LogP contribution in [0.2, 0.25) is 0 Å². The zero-order chi connectivity index (χ0) is 12.3. The molecule has 1 aromatic carbocycles. The molecule has 0 bridgehead atoms. The van der Waals surface area contributed by atoms with Gasteiger partial charge in [-0.3, -0.25) is 5.43 Å². The van der Waals surface area contributed by atoms with E-state index in [0.717, 1.165) is 9.35 Å². The third-order valence-electron chi connectivity index (χ3n) is 1.95. The second-order valence-corrected chi connectivity index (χ2v) is 5.22. The summed E-state index contributed by atoms with van der Waals surface area (Å²) in [7, 11) is 0. The van der Waals surface area contributed by atoms with Gasteiger partial charge < -0.3 is 0 Å². The topological polar surface area (TPSA) is 24.4 Å². The molecular weight excluding hydrogens is 327 g/mol. The predicted octanol–water partition coefficient (Wildman–Crippen LogP) is 4.66. The smallest absolute Gasteiger partial charge is 0.167 e. The monoisotopic (exact) mass is 332 g/mol. The maximum Gasteiger partial charge on any atom is 0.167 e. The standard InChI is InChI=1S/C11H7BrClFN2S/c12-7-5-6-17-10(7)11(13)16-15-9-4-2-1-3-8(9)14/h1-6,15H. The number of nitrogens with zero attached hydrogens (tertiary/aromatic N) is 1. The number of nitrogens with one attached hydrogen (secondary N) is 1. The van der Waals surface area contributed by atoms with Gasteiger partial charge in [0, 0.05) is 4.47 Å². The Morgan fingerprint density at radius 2 is 2.12 bits per heavy atom. The van der Waals surface area contributed by atoms with E-state index in [1.807, 2.05) is 11.4 Å². The fraction of sp³-hybridized carbons (Fsp3) is 0. The lowest BCUT2D eigenvalue weighted by atomic mass is 10.3. The van der Waals surface area contributed by atoms with Gasteiger partial charge in [0.1, 0.15) is 5.82 Å². The summed E-state index contributed by atoms with van der Waals surface area (Å²) < 4.78 is 14.1. The van der Waals surface area contributed by atoms with Crippen LogP contribution in [0, 0.1) is 5.82 Å². The Balaban J connectivity index is 2.17. The van der Waals surface area contributed by atoms with Crippen LogP contribution in [0.1, 0.15) is 4.88 Å². The van der Waals surface area contributed by atoms with Crippen LogP contribution in [-0.4, -0.2) is 5.17 Å². The minimum Gasteiger partial charge on any atom is -0.274 e. The van der Waals surface area contributed by atoms with Gasteiger partial charge in [0.2, 0.25) is 0 Å². The van der Waals surface area contributed by atoms with E-state index in [2.05, 4.69) is 26.5 Å². The van der Waals surface area contributed by atoms with Gasteiger partial charge in [0.15, 0.2) is 5.17 Å².